The summed E-state index contributed by atoms with van der Waals surface area (Å²) in [6, 6.07) is 19.2. The number of nitrogens with zero attached hydrogens (tertiary/aromatic N) is 1. The van der Waals surface area contributed by atoms with Gasteiger partial charge in [0.25, 0.3) is 0 Å². The fourth-order valence-electron chi connectivity index (χ4n) is 2.48. The molecule has 0 radical (unpaired) electrons. The van der Waals surface area contributed by atoms with E-state index in [1.165, 1.54) is 0 Å². The Labute approximate surface area is 141 Å². The molecule has 0 fully saturated rings. The van der Waals surface area contributed by atoms with E-state index in [4.69, 9.17) is 0 Å². The van der Waals surface area contributed by atoms with Crippen molar-refractivity contribution in [3.05, 3.63) is 82.3 Å². The summed E-state index contributed by atoms with van der Waals surface area (Å²) in [5, 5.41) is 9.19. The van der Waals surface area contributed by atoms with Gasteiger partial charge in [-0.05, 0) is 27.1 Å². The first-order valence-electron chi connectivity index (χ1n) is 6.86. The fourth-order valence-corrected chi connectivity index (χ4v) is 3.28. The lowest BCUT2D eigenvalue weighted by Crippen LogP contribution is -2.00. The molecule has 0 saturated carbocycles. The highest BCUT2D eigenvalue weighted by Gasteiger charge is 2.25. The van der Waals surface area contributed by atoms with Crippen LogP contribution < -0.4 is 0 Å². The van der Waals surface area contributed by atoms with Crippen LogP contribution in [-0.2, 0) is 0 Å². The lowest BCUT2D eigenvalue weighted by atomic mass is 9.95. The summed E-state index contributed by atoms with van der Waals surface area (Å²) in [4.78, 5) is 0. The minimum atomic E-state index is -0.859. The molecule has 0 aliphatic rings. The molecule has 0 saturated heterocycles. The molecule has 0 amide bonds. The monoisotopic (exact) mass is 369 g/mol. The van der Waals surface area contributed by atoms with Gasteiger partial charge in [0, 0.05) is 15.6 Å². The number of rotatable bonds is 2. The van der Waals surface area contributed by atoms with Crippen LogP contribution in [0.2, 0.25) is 0 Å². The molecule has 3 rings (SSSR count). The second-order valence-electron chi connectivity index (χ2n) is 4.91. The number of benzene rings is 3. The van der Waals surface area contributed by atoms with Crippen molar-refractivity contribution in [1.82, 2.24) is 0 Å². The Morgan fingerprint density at radius 2 is 1.13 bits per heavy atom. The normalized spacial score (nSPS) is 10.3. The van der Waals surface area contributed by atoms with Gasteiger partial charge in [0.15, 0.2) is 11.6 Å². The van der Waals surface area contributed by atoms with Gasteiger partial charge in [-0.25, -0.2) is 8.78 Å². The highest BCUT2D eigenvalue weighted by molar-refractivity contribution is 9.10. The van der Waals surface area contributed by atoms with E-state index < -0.39 is 17.2 Å². The number of hydrogen-bond donors (Lipinski definition) is 0. The molecule has 112 valence electrons. The highest BCUT2D eigenvalue weighted by atomic mass is 79.9. The zero-order valence-electron chi connectivity index (χ0n) is 11.9. The third-order valence-corrected chi connectivity index (χ3v) is 4.35. The molecular formula is C19H10BrF2N. The average Bonchev–Trinajstić information content (AvgIpc) is 2.57. The Kier molecular flexibility index (Phi) is 4.22. The van der Waals surface area contributed by atoms with E-state index in [0.29, 0.717) is 15.6 Å². The van der Waals surface area contributed by atoms with Crippen LogP contribution in [0.3, 0.4) is 0 Å². The van der Waals surface area contributed by atoms with Gasteiger partial charge in [-0.15, -0.1) is 0 Å². The van der Waals surface area contributed by atoms with Crippen molar-refractivity contribution in [2.45, 2.75) is 0 Å². The standard InChI is InChI=1S/C19H10BrF2N/c20-17-15(12-7-3-1-4-8-12)18(21)14(11-23)19(22)16(17)13-9-5-2-6-10-13/h1-10H. The maximum Gasteiger partial charge on any atom is 0.152 e. The van der Waals surface area contributed by atoms with E-state index in [9.17, 15) is 14.0 Å². The van der Waals surface area contributed by atoms with Crippen molar-refractivity contribution in [2.75, 3.05) is 0 Å². The van der Waals surface area contributed by atoms with Gasteiger partial charge < -0.3 is 0 Å². The Hall–Kier alpha value is -2.51. The van der Waals surface area contributed by atoms with Gasteiger partial charge in [-0.3, -0.25) is 0 Å². The van der Waals surface area contributed by atoms with Crippen LogP contribution in [0.25, 0.3) is 22.3 Å². The maximum atomic E-state index is 14.7. The Bertz CT molecular complexity index is 834. The van der Waals surface area contributed by atoms with E-state index in [0.717, 1.165) is 0 Å². The topological polar surface area (TPSA) is 23.8 Å². The van der Waals surface area contributed by atoms with Crippen LogP contribution in [0.4, 0.5) is 8.78 Å². The molecule has 23 heavy (non-hydrogen) atoms. The predicted octanol–water partition coefficient (Wildman–Crippen LogP) is 5.93. The third-order valence-electron chi connectivity index (χ3n) is 3.55. The van der Waals surface area contributed by atoms with Crippen molar-refractivity contribution >= 4 is 15.9 Å². The predicted molar refractivity (Wildman–Crippen MR) is 89.6 cm³/mol. The fraction of sp³-hybridized carbons (Fsp3) is 0. The second-order valence-corrected chi connectivity index (χ2v) is 5.70. The van der Waals surface area contributed by atoms with Crippen molar-refractivity contribution in [3.8, 4) is 28.3 Å². The van der Waals surface area contributed by atoms with E-state index >= 15 is 0 Å². The molecule has 0 atom stereocenters. The van der Waals surface area contributed by atoms with Gasteiger partial charge >= 0.3 is 0 Å². The summed E-state index contributed by atoms with van der Waals surface area (Å²) in [5.74, 6) is -1.72. The minimum Gasteiger partial charge on any atom is -0.205 e. The zero-order valence-corrected chi connectivity index (χ0v) is 13.4. The number of hydrogen-bond acceptors (Lipinski definition) is 1. The Balaban J connectivity index is 2.41. The molecule has 0 bridgehead atoms. The van der Waals surface area contributed by atoms with Crippen molar-refractivity contribution < 1.29 is 8.78 Å². The van der Waals surface area contributed by atoms with E-state index in [-0.39, 0.29) is 11.1 Å². The summed E-state index contributed by atoms with van der Waals surface area (Å²) >= 11 is 3.33. The molecule has 0 aliphatic heterocycles. The quantitative estimate of drug-likeness (QED) is 0.548. The first-order chi connectivity index (χ1) is 11.1. The summed E-state index contributed by atoms with van der Waals surface area (Å²) in [5.41, 5.74) is 0.937. The maximum absolute atomic E-state index is 14.7. The van der Waals surface area contributed by atoms with Crippen LogP contribution in [-0.4, -0.2) is 0 Å². The Morgan fingerprint density at radius 1 is 0.739 bits per heavy atom. The average molecular weight is 370 g/mol. The Morgan fingerprint density at radius 3 is 1.48 bits per heavy atom. The molecular weight excluding hydrogens is 360 g/mol. The molecule has 0 aliphatic carbocycles. The molecule has 0 unspecified atom stereocenters. The van der Waals surface area contributed by atoms with Crippen LogP contribution in [0.5, 0.6) is 0 Å². The highest BCUT2D eigenvalue weighted by Crippen LogP contribution is 2.42. The number of nitriles is 1. The SMILES string of the molecule is N#Cc1c(F)c(-c2ccccc2)c(Br)c(-c2ccccc2)c1F. The molecule has 1 nitrogen and oxygen atoms in total. The molecule has 0 heterocycles. The van der Waals surface area contributed by atoms with Crippen LogP contribution >= 0.6 is 15.9 Å². The van der Waals surface area contributed by atoms with Gasteiger partial charge in [0.05, 0.1) is 0 Å². The molecule has 4 heteroatoms. The molecule has 3 aromatic carbocycles. The first-order valence-corrected chi connectivity index (χ1v) is 7.65. The van der Waals surface area contributed by atoms with Gasteiger partial charge in [-0.2, -0.15) is 5.26 Å². The van der Waals surface area contributed by atoms with Crippen LogP contribution in [0.15, 0.2) is 65.1 Å². The molecule has 0 N–H and O–H groups in total. The zero-order chi connectivity index (χ0) is 16.4. The van der Waals surface area contributed by atoms with E-state index in [2.05, 4.69) is 15.9 Å². The van der Waals surface area contributed by atoms with Gasteiger partial charge in [0.2, 0.25) is 0 Å². The van der Waals surface area contributed by atoms with Gasteiger partial charge in [-0.1, -0.05) is 60.7 Å². The first kappa shape index (κ1) is 15.4. The van der Waals surface area contributed by atoms with Crippen LogP contribution in [0.1, 0.15) is 5.56 Å². The summed E-state index contributed by atoms with van der Waals surface area (Å²) in [6.45, 7) is 0. The summed E-state index contributed by atoms with van der Waals surface area (Å²) < 4.78 is 29.7. The second kappa shape index (κ2) is 6.31. The minimum absolute atomic E-state index is 0.183. The lowest BCUT2D eigenvalue weighted by Gasteiger charge is -2.15. The van der Waals surface area contributed by atoms with E-state index in [1.807, 2.05) is 12.1 Å². The largest absolute Gasteiger partial charge is 0.205 e. The van der Waals surface area contributed by atoms with Crippen LogP contribution in [0, 0.1) is 23.0 Å². The lowest BCUT2D eigenvalue weighted by molar-refractivity contribution is 0.580. The van der Waals surface area contributed by atoms with Crippen molar-refractivity contribution in [3.63, 3.8) is 0 Å². The van der Waals surface area contributed by atoms with Crippen molar-refractivity contribution in [1.29, 1.82) is 5.26 Å². The summed E-state index contributed by atoms with van der Waals surface area (Å²) in [7, 11) is 0. The molecule has 0 aromatic heterocycles. The smallest absolute Gasteiger partial charge is 0.152 e. The molecule has 0 spiro atoms. The summed E-state index contributed by atoms with van der Waals surface area (Å²) in [6.07, 6.45) is 0. The third kappa shape index (κ3) is 2.64. The molecule has 3 aromatic rings. The van der Waals surface area contributed by atoms with Gasteiger partial charge in [0.1, 0.15) is 11.6 Å². The van der Waals surface area contributed by atoms with E-state index in [1.54, 1.807) is 54.6 Å². The number of halogens is 3. The van der Waals surface area contributed by atoms with Crippen molar-refractivity contribution in [2.24, 2.45) is 0 Å².